The highest BCUT2D eigenvalue weighted by Crippen LogP contribution is 2.23. The first-order valence-corrected chi connectivity index (χ1v) is 10.8. The first kappa shape index (κ1) is 18.8. The molecule has 0 bridgehead atoms. The summed E-state index contributed by atoms with van der Waals surface area (Å²) in [6.07, 6.45) is 6.17. The molecule has 1 fully saturated rings. The van der Waals surface area contributed by atoms with Crippen molar-refractivity contribution in [2.75, 3.05) is 12.3 Å². The number of fused-ring (bicyclic) bond motifs is 1. The van der Waals surface area contributed by atoms with E-state index >= 15 is 0 Å². The Hall–Kier alpha value is -1.96. The van der Waals surface area contributed by atoms with Crippen LogP contribution in [0, 0.1) is 0 Å². The largest absolute Gasteiger partial charge is 0.357 e. The molecule has 0 spiro atoms. The SMILES string of the molecule is CCNC(=NCc1nnc2ccccn12)NC1CCCC(S(=O)CC)C1. The second-order valence-corrected chi connectivity index (χ2v) is 8.55. The number of aromatic nitrogens is 3. The van der Waals surface area contributed by atoms with Gasteiger partial charge in [-0.15, -0.1) is 10.2 Å². The van der Waals surface area contributed by atoms with E-state index in [1.165, 1.54) is 0 Å². The first-order valence-electron chi connectivity index (χ1n) is 9.42. The Morgan fingerprint density at radius 3 is 3.04 bits per heavy atom. The molecule has 0 saturated heterocycles. The van der Waals surface area contributed by atoms with Gasteiger partial charge in [-0.1, -0.05) is 19.4 Å². The predicted octanol–water partition coefficient (Wildman–Crippen LogP) is 1.86. The minimum absolute atomic E-state index is 0.301. The maximum atomic E-state index is 12.1. The molecule has 8 heteroatoms. The lowest BCUT2D eigenvalue weighted by molar-refractivity contribution is 0.413. The maximum Gasteiger partial charge on any atom is 0.191 e. The van der Waals surface area contributed by atoms with Gasteiger partial charge in [0.05, 0.1) is 0 Å². The molecule has 0 radical (unpaired) electrons. The summed E-state index contributed by atoms with van der Waals surface area (Å²) in [6, 6.07) is 6.16. The standard InChI is InChI=1S/C18H28N6OS/c1-3-19-18(21-14-8-7-9-15(12-14)26(25)4-2)20-13-17-23-22-16-10-5-6-11-24(16)17/h5-6,10-11,14-15H,3-4,7-9,12-13H2,1-2H3,(H2,19,20,21). The quantitative estimate of drug-likeness (QED) is 0.594. The Bertz CT molecular complexity index is 774. The lowest BCUT2D eigenvalue weighted by atomic mass is 9.95. The van der Waals surface area contributed by atoms with Crippen molar-refractivity contribution in [1.29, 1.82) is 0 Å². The molecule has 1 aliphatic carbocycles. The van der Waals surface area contributed by atoms with Crippen LogP contribution in [-0.2, 0) is 17.3 Å². The van der Waals surface area contributed by atoms with Gasteiger partial charge in [-0.25, -0.2) is 4.99 Å². The molecular formula is C18H28N6OS. The number of aliphatic imine (C=N–C) groups is 1. The molecule has 26 heavy (non-hydrogen) atoms. The van der Waals surface area contributed by atoms with Crippen LogP contribution in [-0.4, -0.2) is 48.4 Å². The van der Waals surface area contributed by atoms with Crippen molar-refractivity contribution in [3.63, 3.8) is 0 Å². The molecular weight excluding hydrogens is 348 g/mol. The molecule has 2 aromatic rings. The van der Waals surface area contributed by atoms with Crippen LogP contribution < -0.4 is 10.6 Å². The highest BCUT2D eigenvalue weighted by molar-refractivity contribution is 7.85. The number of nitrogens with zero attached hydrogens (tertiary/aromatic N) is 4. The lowest BCUT2D eigenvalue weighted by Gasteiger charge is -2.30. The minimum Gasteiger partial charge on any atom is -0.357 e. The van der Waals surface area contributed by atoms with Crippen molar-refractivity contribution >= 4 is 22.4 Å². The summed E-state index contributed by atoms with van der Waals surface area (Å²) in [5, 5.41) is 15.5. The van der Waals surface area contributed by atoms with E-state index in [0.717, 1.165) is 55.4 Å². The summed E-state index contributed by atoms with van der Waals surface area (Å²) < 4.78 is 14.1. The topological polar surface area (TPSA) is 83.7 Å². The Morgan fingerprint density at radius 2 is 2.23 bits per heavy atom. The first-order chi connectivity index (χ1) is 12.7. The maximum absolute atomic E-state index is 12.1. The van der Waals surface area contributed by atoms with Gasteiger partial charge in [0.2, 0.25) is 0 Å². The van der Waals surface area contributed by atoms with Crippen LogP contribution in [0.25, 0.3) is 5.65 Å². The molecule has 142 valence electrons. The third-order valence-corrected chi connectivity index (χ3v) is 6.47. The monoisotopic (exact) mass is 376 g/mol. The van der Waals surface area contributed by atoms with Crippen LogP contribution in [0.4, 0.5) is 0 Å². The molecule has 3 rings (SSSR count). The normalized spacial score (nSPS) is 22.3. The fourth-order valence-electron chi connectivity index (χ4n) is 3.41. The predicted molar refractivity (Wildman–Crippen MR) is 106 cm³/mol. The van der Waals surface area contributed by atoms with E-state index in [1.54, 1.807) is 0 Å². The summed E-state index contributed by atoms with van der Waals surface area (Å²) in [7, 11) is -0.718. The second-order valence-electron chi connectivity index (χ2n) is 6.54. The van der Waals surface area contributed by atoms with Crippen molar-refractivity contribution in [2.24, 2.45) is 4.99 Å². The van der Waals surface area contributed by atoms with Crippen LogP contribution in [0.3, 0.4) is 0 Å². The van der Waals surface area contributed by atoms with Crippen LogP contribution in [0.5, 0.6) is 0 Å². The minimum atomic E-state index is -0.718. The smallest absolute Gasteiger partial charge is 0.191 e. The highest BCUT2D eigenvalue weighted by atomic mass is 32.2. The van der Waals surface area contributed by atoms with Crippen LogP contribution in [0.2, 0.25) is 0 Å². The highest BCUT2D eigenvalue weighted by Gasteiger charge is 2.26. The van der Waals surface area contributed by atoms with Crippen molar-refractivity contribution in [3.05, 3.63) is 30.2 Å². The van der Waals surface area contributed by atoms with Gasteiger partial charge in [0.15, 0.2) is 17.4 Å². The van der Waals surface area contributed by atoms with E-state index in [9.17, 15) is 4.21 Å². The average molecular weight is 377 g/mol. The van der Waals surface area contributed by atoms with E-state index in [2.05, 4.69) is 32.7 Å². The Balaban J connectivity index is 1.66. The van der Waals surface area contributed by atoms with Gasteiger partial charge < -0.3 is 10.6 Å². The van der Waals surface area contributed by atoms with Crippen LogP contribution >= 0.6 is 0 Å². The second kappa shape index (κ2) is 9.12. The number of rotatable bonds is 6. The molecule has 2 aromatic heterocycles. The van der Waals surface area contributed by atoms with Crippen molar-refractivity contribution in [2.45, 2.75) is 57.4 Å². The fraction of sp³-hybridized carbons (Fsp3) is 0.611. The molecule has 2 heterocycles. The average Bonchev–Trinajstić information content (AvgIpc) is 3.09. The number of nitrogens with one attached hydrogen (secondary N) is 2. The van der Waals surface area contributed by atoms with Gasteiger partial charge in [-0.05, 0) is 38.3 Å². The summed E-state index contributed by atoms with van der Waals surface area (Å²) >= 11 is 0. The molecule has 1 aliphatic rings. The summed E-state index contributed by atoms with van der Waals surface area (Å²) in [6.45, 7) is 5.31. The fourth-order valence-corrected chi connectivity index (χ4v) is 4.76. The molecule has 0 aliphatic heterocycles. The van der Waals surface area contributed by atoms with Gasteiger partial charge in [0.25, 0.3) is 0 Å². The van der Waals surface area contributed by atoms with E-state index in [4.69, 9.17) is 0 Å². The molecule has 3 unspecified atom stereocenters. The number of hydrogen-bond donors (Lipinski definition) is 2. The van der Waals surface area contributed by atoms with Crippen LogP contribution in [0.1, 0.15) is 45.4 Å². The van der Waals surface area contributed by atoms with Gasteiger partial charge in [-0.3, -0.25) is 8.61 Å². The van der Waals surface area contributed by atoms with Crippen molar-refractivity contribution in [1.82, 2.24) is 25.2 Å². The summed E-state index contributed by atoms with van der Waals surface area (Å²) in [5.74, 6) is 2.34. The Morgan fingerprint density at radius 1 is 1.35 bits per heavy atom. The zero-order valence-corrected chi connectivity index (χ0v) is 16.3. The van der Waals surface area contributed by atoms with E-state index in [0.29, 0.717) is 17.8 Å². The molecule has 0 aromatic carbocycles. The Labute approximate surface area is 157 Å². The van der Waals surface area contributed by atoms with E-state index in [1.807, 2.05) is 35.7 Å². The van der Waals surface area contributed by atoms with E-state index < -0.39 is 10.8 Å². The van der Waals surface area contributed by atoms with E-state index in [-0.39, 0.29) is 0 Å². The molecule has 2 N–H and O–H groups in total. The number of pyridine rings is 1. The number of guanidine groups is 1. The lowest BCUT2D eigenvalue weighted by Crippen LogP contribution is -2.46. The molecule has 7 nitrogen and oxygen atoms in total. The van der Waals surface area contributed by atoms with Gasteiger partial charge in [0.1, 0.15) is 6.54 Å². The van der Waals surface area contributed by atoms with Crippen LogP contribution in [0.15, 0.2) is 29.4 Å². The third-order valence-electron chi connectivity index (χ3n) is 4.73. The van der Waals surface area contributed by atoms with Gasteiger partial charge in [0, 0.05) is 40.6 Å². The summed E-state index contributed by atoms with van der Waals surface area (Å²) in [4.78, 5) is 4.69. The Kier molecular flexibility index (Phi) is 6.60. The van der Waals surface area contributed by atoms with Crippen molar-refractivity contribution in [3.8, 4) is 0 Å². The van der Waals surface area contributed by atoms with Crippen molar-refractivity contribution < 1.29 is 4.21 Å². The third kappa shape index (κ3) is 4.60. The van der Waals surface area contributed by atoms with Gasteiger partial charge in [-0.2, -0.15) is 0 Å². The number of hydrogen-bond acceptors (Lipinski definition) is 4. The summed E-state index contributed by atoms with van der Waals surface area (Å²) in [5.41, 5.74) is 0.827. The van der Waals surface area contributed by atoms with Gasteiger partial charge >= 0.3 is 0 Å². The molecule has 0 amide bonds. The zero-order valence-electron chi connectivity index (χ0n) is 15.5. The molecule has 1 saturated carbocycles. The molecule has 3 atom stereocenters. The zero-order chi connectivity index (χ0) is 18.4.